The Kier molecular flexibility index (Phi) is 12.7. The number of anilines is 2. The molecule has 0 atom stereocenters. The summed E-state index contributed by atoms with van der Waals surface area (Å²) in [7, 11) is 0. The fourth-order valence-electron chi connectivity index (χ4n) is 7.16. The number of nitrogens with zero attached hydrogens (tertiary/aromatic N) is 4. The minimum Gasteiger partial charge on any atom is -0.383 e. The molecule has 8 N–H and O–H groups in total. The van der Waals surface area contributed by atoms with Crippen molar-refractivity contribution < 1.29 is 28.8 Å². The zero-order valence-electron chi connectivity index (χ0n) is 37.2. The quantitative estimate of drug-likeness (QED) is 0.0719. The van der Waals surface area contributed by atoms with Gasteiger partial charge in [-0.05, 0) is 126 Å². The lowest BCUT2D eigenvalue weighted by molar-refractivity contribution is 0.0936. The van der Waals surface area contributed by atoms with Gasteiger partial charge in [-0.2, -0.15) is 10.2 Å². The molecule has 2 heterocycles. The van der Waals surface area contributed by atoms with E-state index in [0.717, 1.165) is 49.7 Å². The summed E-state index contributed by atoms with van der Waals surface area (Å²) in [6, 6.07) is 24.5. The van der Waals surface area contributed by atoms with E-state index in [0.29, 0.717) is 44.8 Å². The third-order valence-corrected chi connectivity index (χ3v) is 11.4. The van der Waals surface area contributed by atoms with E-state index in [1.807, 2.05) is 39.8 Å². The number of benzene rings is 4. The standard InChI is InChI=1S/C25H25N5O3.C25H27N5O3/c1-14-5-6-17(25(33)29-19-9-10-19)12-21(14)30-23(26)20(13-27-30)22(31)15-3-2-4-16(11-15)24(32)28-18-7-8-18;1-14(2)28-24(32)17-6-4-5-16(11-17)22(31)20-13-27-30(23(20)26)21-12-18(8-7-15(21)3)25(33)29-19-9-10-19/h2-6,11-13,18-19H,7-10,26H2,1H3,(H,28,32)(H,29,33);4-8,11-14,19H,9-10,26H2,1-3H3,(H,28,32)(H,29,33). The van der Waals surface area contributed by atoms with Crippen molar-refractivity contribution in [2.75, 3.05) is 11.5 Å². The van der Waals surface area contributed by atoms with Crippen molar-refractivity contribution in [3.63, 3.8) is 0 Å². The van der Waals surface area contributed by atoms with Crippen LogP contribution >= 0.6 is 0 Å². The third-order valence-electron chi connectivity index (χ3n) is 11.4. The van der Waals surface area contributed by atoms with Gasteiger partial charge < -0.3 is 32.7 Å². The van der Waals surface area contributed by atoms with E-state index in [2.05, 4.69) is 31.5 Å². The molecule has 66 heavy (non-hydrogen) atoms. The number of nitrogen functional groups attached to an aromatic ring is 2. The van der Waals surface area contributed by atoms with Crippen molar-refractivity contribution in [1.82, 2.24) is 40.8 Å². The van der Waals surface area contributed by atoms with Crippen molar-refractivity contribution in [1.29, 1.82) is 0 Å². The SMILES string of the molecule is Cc1ccc(C(=O)NC2CC2)cc1-n1ncc(C(=O)c2cccc(C(=O)NC(C)C)c2)c1N.Cc1ccc(C(=O)NC2CC2)cc1-n1ncc(C(=O)c2cccc(C(=O)NC3CC3)c2)c1N. The monoisotopic (exact) mass is 888 g/mol. The number of amides is 4. The fraction of sp³-hybridized carbons (Fsp3) is 0.280. The molecular weight excluding hydrogens is 837 g/mol. The number of ketones is 2. The number of carbonyl (C=O) groups is 6. The molecule has 16 heteroatoms. The van der Waals surface area contributed by atoms with Crippen LogP contribution in [-0.4, -0.2) is 78.9 Å². The molecule has 6 aromatic rings. The van der Waals surface area contributed by atoms with E-state index in [1.165, 1.54) is 21.8 Å². The van der Waals surface area contributed by atoms with Gasteiger partial charge in [-0.15, -0.1) is 0 Å². The number of nitrogens with one attached hydrogen (secondary N) is 4. The highest BCUT2D eigenvalue weighted by Crippen LogP contribution is 2.27. The summed E-state index contributed by atoms with van der Waals surface area (Å²) in [4.78, 5) is 76.0. The average molecular weight is 889 g/mol. The first-order chi connectivity index (χ1) is 31.6. The van der Waals surface area contributed by atoms with Crippen molar-refractivity contribution in [3.8, 4) is 11.4 Å². The molecule has 4 amide bonds. The number of hydrogen-bond acceptors (Lipinski definition) is 10. The number of aromatic nitrogens is 4. The predicted molar refractivity (Wildman–Crippen MR) is 249 cm³/mol. The van der Waals surface area contributed by atoms with Crippen molar-refractivity contribution >= 4 is 46.8 Å². The molecule has 0 saturated heterocycles. The lowest BCUT2D eigenvalue weighted by atomic mass is 10.0. The van der Waals surface area contributed by atoms with Crippen molar-refractivity contribution in [2.45, 2.75) is 90.4 Å². The van der Waals surface area contributed by atoms with Crippen LogP contribution in [0.3, 0.4) is 0 Å². The molecule has 3 aliphatic carbocycles. The summed E-state index contributed by atoms with van der Waals surface area (Å²) in [6.45, 7) is 7.52. The Morgan fingerprint density at radius 1 is 0.515 bits per heavy atom. The highest BCUT2D eigenvalue weighted by molar-refractivity contribution is 6.13. The van der Waals surface area contributed by atoms with Crippen LogP contribution in [0.25, 0.3) is 11.4 Å². The maximum absolute atomic E-state index is 13.2. The number of hydrogen-bond donors (Lipinski definition) is 6. The van der Waals surface area contributed by atoms with Crippen LogP contribution < -0.4 is 32.7 Å². The zero-order valence-corrected chi connectivity index (χ0v) is 37.2. The lowest BCUT2D eigenvalue weighted by Gasteiger charge is -2.11. The molecule has 0 unspecified atom stereocenters. The van der Waals surface area contributed by atoms with Gasteiger partial charge in [-0.3, -0.25) is 28.8 Å². The highest BCUT2D eigenvalue weighted by atomic mass is 16.2. The van der Waals surface area contributed by atoms with E-state index >= 15 is 0 Å². The molecule has 0 aliphatic heterocycles. The van der Waals surface area contributed by atoms with E-state index in [4.69, 9.17) is 11.5 Å². The van der Waals surface area contributed by atoms with E-state index in [-0.39, 0.29) is 82.1 Å². The summed E-state index contributed by atoms with van der Waals surface area (Å²) in [5.74, 6) is -1.03. The summed E-state index contributed by atoms with van der Waals surface area (Å²) in [6.07, 6.45) is 8.83. The van der Waals surface area contributed by atoms with Crippen molar-refractivity contribution in [3.05, 3.63) is 153 Å². The molecule has 9 rings (SSSR count). The molecule has 16 nitrogen and oxygen atoms in total. The second kappa shape index (κ2) is 18.7. The average Bonchev–Trinajstić information content (AvgIpc) is 4.25. The van der Waals surface area contributed by atoms with Crippen LogP contribution in [-0.2, 0) is 0 Å². The topological polar surface area (TPSA) is 238 Å². The van der Waals surface area contributed by atoms with Gasteiger partial charge in [-0.1, -0.05) is 36.4 Å². The molecule has 4 aromatic carbocycles. The maximum atomic E-state index is 13.2. The Balaban J connectivity index is 0.000000179. The van der Waals surface area contributed by atoms with E-state index in [9.17, 15) is 28.8 Å². The van der Waals surface area contributed by atoms with Gasteiger partial charge in [0.1, 0.15) is 11.6 Å². The Morgan fingerprint density at radius 3 is 1.23 bits per heavy atom. The third kappa shape index (κ3) is 10.2. The molecule has 338 valence electrons. The minimum absolute atomic E-state index is 0.0175. The molecule has 2 aromatic heterocycles. The summed E-state index contributed by atoms with van der Waals surface area (Å²) in [5, 5.41) is 20.3. The second-order valence-electron chi connectivity index (χ2n) is 17.4. The molecule has 0 spiro atoms. The summed E-state index contributed by atoms with van der Waals surface area (Å²) >= 11 is 0. The maximum Gasteiger partial charge on any atom is 0.251 e. The van der Waals surface area contributed by atoms with Gasteiger partial charge in [0, 0.05) is 57.5 Å². The molecule has 3 fully saturated rings. The normalized spacial score (nSPS) is 14.1. The van der Waals surface area contributed by atoms with Crippen LogP contribution in [0.2, 0.25) is 0 Å². The Labute approximate surface area is 381 Å². The van der Waals surface area contributed by atoms with Crippen molar-refractivity contribution in [2.24, 2.45) is 0 Å². The van der Waals surface area contributed by atoms with E-state index < -0.39 is 0 Å². The van der Waals surface area contributed by atoms with Crippen LogP contribution in [0.15, 0.2) is 97.3 Å². The fourth-order valence-corrected chi connectivity index (χ4v) is 7.16. The first-order valence-electron chi connectivity index (χ1n) is 22.1. The number of carbonyl (C=O) groups excluding carboxylic acids is 6. The van der Waals surface area contributed by atoms with Gasteiger partial charge in [0.25, 0.3) is 23.6 Å². The van der Waals surface area contributed by atoms with Gasteiger partial charge >= 0.3 is 0 Å². The Bertz CT molecular complexity index is 2710. The minimum atomic E-state index is -0.335. The zero-order chi connectivity index (χ0) is 46.8. The number of nitrogens with two attached hydrogens (primary N) is 2. The van der Waals surface area contributed by atoms with Gasteiger partial charge in [-0.25, -0.2) is 9.36 Å². The first-order valence-corrected chi connectivity index (χ1v) is 22.1. The van der Waals surface area contributed by atoms with Gasteiger partial charge in [0.2, 0.25) is 0 Å². The van der Waals surface area contributed by atoms with Crippen LogP contribution in [0.5, 0.6) is 0 Å². The largest absolute Gasteiger partial charge is 0.383 e. The lowest BCUT2D eigenvalue weighted by Crippen LogP contribution is -2.30. The Morgan fingerprint density at radius 2 is 0.864 bits per heavy atom. The smallest absolute Gasteiger partial charge is 0.251 e. The number of aryl methyl sites for hydroxylation is 2. The second-order valence-corrected chi connectivity index (χ2v) is 17.4. The van der Waals surface area contributed by atoms with Crippen LogP contribution in [0.4, 0.5) is 11.6 Å². The molecule has 3 saturated carbocycles. The first kappa shape index (κ1) is 44.7. The summed E-state index contributed by atoms with van der Waals surface area (Å²) in [5.41, 5.74) is 18.7. The van der Waals surface area contributed by atoms with Crippen LogP contribution in [0, 0.1) is 13.8 Å². The van der Waals surface area contributed by atoms with E-state index in [1.54, 1.807) is 72.8 Å². The molecular formula is C50H52N10O6. The summed E-state index contributed by atoms with van der Waals surface area (Å²) < 4.78 is 2.94. The molecule has 3 aliphatic rings. The predicted octanol–water partition coefficient (Wildman–Crippen LogP) is 5.80. The van der Waals surface area contributed by atoms with Gasteiger partial charge in [0.15, 0.2) is 11.6 Å². The van der Waals surface area contributed by atoms with Gasteiger partial charge in [0.05, 0.1) is 34.9 Å². The Hall–Kier alpha value is -7.88. The molecule has 0 radical (unpaired) electrons. The van der Waals surface area contributed by atoms with Crippen LogP contribution in [0.1, 0.15) is 137 Å². The molecule has 0 bridgehead atoms. The number of rotatable bonds is 14. The highest BCUT2D eigenvalue weighted by Gasteiger charge is 2.28.